The van der Waals surface area contributed by atoms with Crippen LogP contribution in [0.1, 0.15) is 34.1 Å². The second-order valence-corrected chi connectivity index (χ2v) is 5.71. The maximum Gasteiger partial charge on any atom is 0.233 e. The fourth-order valence-electron chi connectivity index (χ4n) is 1.36. The van der Waals surface area contributed by atoms with Gasteiger partial charge in [-0.3, -0.25) is 4.79 Å². The Labute approximate surface area is 105 Å². The van der Waals surface area contributed by atoms with Gasteiger partial charge >= 0.3 is 0 Å². The molecular weight excluding hydrogens is 216 g/mol. The Morgan fingerprint density at radius 2 is 2.00 bits per heavy atom. The van der Waals surface area contributed by atoms with Gasteiger partial charge in [0.15, 0.2) is 0 Å². The molecule has 0 saturated carbocycles. The summed E-state index contributed by atoms with van der Waals surface area (Å²) in [5, 5.41) is 6.08. The molecule has 0 radical (unpaired) electrons. The van der Waals surface area contributed by atoms with Crippen molar-refractivity contribution in [2.75, 3.05) is 33.4 Å². The largest absolute Gasteiger partial charge is 0.385 e. The molecule has 0 spiro atoms. The van der Waals surface area contributed by atoms with E-state index in [1.165, 1.54) is 0 Å². The first-order chi connectivity index (χ1) is 7.87. The number of ether oxygens (including phenoxy) is 1. The van der Waals surface area contributed by atoms with Gasteiger partial charge in [-0.05, 0) is 17.8 Å². The topological polar surface area (TPSA) is 50.4 Å². The third-order valence-electron chi connectivity index (χ3n) is 2.58. The molecule has 17 heavy (non-hydrogen) atoms. The molecule has 0 aliphatic rings. The van der Waals surface area contributed by atoms with Gasteiger partial charge in [-0.2, -0.15) is 0 Å². The van der Waals surface area contributed by atoms with Crippen LogP contribution < -0.4 is 10.6 Å². The molecule has 0 fully saturated rings. The molecule has 0 aromatic heterocycles. The Hall–Kier alpha value is -0.610. The highest BCUT2D eigenvalue weighted by atomic mass is 16.5. The van der Waals surface area contributed by atoms with Crippen LogP contribution in [-0.2, 0) is 9.53 Å². The lowest BCUT2D eigenvalue weighted by atomic mass is 9.90. The molecule has 4 nitrogen and oxygen atoms in total. The minimum atomic E-state index is 0.0706. The summed E-state index contributed by atoms with van der Waals surface area (Å²) in [4.78, 5) is 11.4. The molecular formula is C13H28N2O2. The number of methoxy groups -OCH3 is 1. The lowest BCUT2D eigenvalue weighted by Crippen LogP contribution is -2.39. The van der Waals surface area contributed by atoms with Crippen molar-refractivity contribution >= 4 is 5.91 Å². The summed E-state index contributed by atoms with van der Waals surface area (Å²) < 4.78 is 5.06. The number of hydrogen-bond acceptors (Lipinski definition) is 3. The lowest BCUT2D eigenvalue weighted by molar-refractivity contribution is -0.120. The van der Waals surface area contributed by atoms with Gasteiger partial charge < -0.3 is 15.4 Å². The molecule has 4 heteroatoms. The quantitative estimate of drug-likeness (QED) is 0.645. The first-order valence-corrected chi connectivity index (χ1v) is 6.34. The molecule has 0 aliphatic heterocycles. The smallest absolute Gasteiger partial charge is 0.233 e. The minimum Gasteiger partial charge on any atom is -0.385 e. The summed E-state index contributed by atoms with van der Waals surface area (Å²) in [6.45, 7) is 11.2. The number of rotatable bonds is 9. The van der Waals surface area contributed by atoms with E-state index in [1.807, 2.05) is 0 Å². The van der Waals surface area contributed by atoms with Crippen LogP contribution in [0.2, 0.25) is 0 Å². The average Bonchev–Trinajstić information content (AvgIpc) is 2.23. The summed E-state index contributed by atoms with van der Waals surface area (Å²) in [5.74, 6) is 0.568. The van der Waals surface area contributed by atoms with Crippen molar-refractivity contribution in [2.24, 2.45) is 11.3 Å². The number of carbonyl (C=O) groups excluding carboxylic acids is 1. The van der Waals surface area contributed by atoms with Crippen molar-refractivity contribution in [3.8, 4) is 0 Å². The monoisotopic (exact) mass is 244 g/mol. The summed E-state index contributed by atoms with van der Waals surface area (Å²) in [6, 6.07) is 0. The van der Waals surface area contributed by atoms with Crippen molar-refractivity contribution in [2.45, 2.75) is 34.1 Å². The zero-order valence-electron chi connectivity index (χ0n) is 11.9. The van der Waals surface area contributed by atoms with E-state index in [0.717, 1.165) is 26.1 Å². The van der Waals surface area contributed by atoms with Gasteiger partial charge in [0.1, 0.15) is 0 Å². The predicted octanol–water partition coefficient (Wildman–Crippen LogP) is 1.41. The van der Waals surface area contributed by atoms with Gasteiger partial charge in [0, 0.05) is 26.8 Å². The summed E-state index contributed by atoms with van der Waals surface area (Å²) in [5.41, 5.74) is 0.161. The van der Waals surface area contributed by atoms with Crippen LogP contribution in [0.4, 0.5) is 0 Å². The maximum absolute atomic E-state index is 11.4. The summed E-state index contributed by atoms with van der Waals surface area (Å²) in [6.07, 6.45) is 0.990. The van der Waals surface area contributed by atoms with E-state index in [0.29, 0.717) is 12.5 Å². The van der Waals surface area contributed by atoms with Crippen LogP contribution in [-0.4, -0.2) is 39.3 Å². The summed E-state index contributed by atoms with van der Waals surface area (Å²) in [7, 11) is 1.71. The Kier molecular flexibility index (Phi) is 8.17. The van der Waals surface area contributed by atoms with Crippen LogP contribution in [0.3, 0.4) is 0 Å². The van der Waals surface area contributed by atoms with Gasteiger partial charge in [-0.25, -0.2) is 0 Å². The molecule has 0 aromatic rings. The predicted molar refractivity (Wildman–Crippen MR) is 71.0 cm³/mol. The first-order valence-electron chi connectivity index (χ1n) is 6.34. The normalized spacial score (nSPS) is 11.9. The van der Waals surface area contributed by atoms with Gasteiger partial charge in [-0.15, -0.1) is 0 Å². The van der Waals surface area contributed by atoms with Gasteiger partial charge in [0.2, 0.25) is 5.91 Å². The zero-order chi connectivity index (χ0) is 13.3. The van der Waals surface area contributed by atoms with Crippen LogP contribution in [0.15, 0.2) is 0 Å². The van der Waals surface area contributed by atoms with Crippen LogP contribution in [0.25, 0.3) is 0 Å². The molecule has 102 valence electrons. The van der Waals surface area contributed by atoms with Gasteiger partial charge in [-0.1, -0.05) is 27.7 Å². The third-order valence-corrected chi connectivity index (χ3v) is 2.58. The van der Waals surface area contributed by atoms with E-state index in [4.69, 9.17) is 4.74 Å². The van der Waals surface area contributed by atoms with Crippen LogP contribution in [0, 0.1) is 11.3 Å². The Bertz CT molecular complexity index is 215. The number of nitrogens with one attached hydrogen (secondary N) is 2. The maximum atomic E-state index is 11.4. The Balaban J connectivity index is 3.64. The van der Waals surface area contributed by atoms with Crippen LogP contribution >= 0.6 is 0 Å². The van der Waals surface area contributed by atoms with Gasteiger partial charge in [0.05, 0.1) is 6.54 Å². The number of carbonyl (C=O) groups is 1. The van der Waals surface area contributed by atoms with Crippen molar-refractivity contribution in [3.05, 3.63) is 0 Å². The van der Waals surface area contributed by atoms with E-state index in [1.54, 1.807) is 7.11 Å². The Morgan fingerprint density at radius 1 is 1.35 bits per heavy atom. The standard InChI is InChI=1S/C13H28N2O2/c1-11(2)8-15-12(16)9-14-10-13(3,4)6-7-17-5/h11,14H,6-10H2,1-5H3,(H,15,16). The first kappa shape index (κ1) is 16.4. The molecule has 0 aliphatic carbocycles. The van der Waals surface area contributed by atoms with Crippen molar-refractivity contribution in [3.63, 3.8) is 0 Å². The fourth-order valence-corrected chi connectivity index (χ4v) is 1.36. The molecule has 2 N–H and O–H groups in total. The molecule has 0 rings (SSSR count). The van der Waals surface area contributed by atoms with E-state index in [-0.39, 0.29) is 11.3 Å². The molecule has 0 saturated heterocycles. The number of amides is 1. The molecule has 1 amide bonds. The highest BCUT2D eigenvalue weighted by molar-refractivity contribution is 5.77. The van der Waals surface area contributed by atoms with E-state index < -0.39 is 0 Å². The lowest BCUT2D eigenvalue weighted by Gasteiger charge is -2.24. The van der Waals surface area contributed by atoms with E-state index in [9.17, 15) is 4.79 Å². The molecule has 0 heterocycles. The van der Waals surface area contributed by atoms with Gasteiger partial charge in [0.25, 0.3) is 0 Å². The minimum absolute atomic E-state index is 0.0706. The molecule has 0 atom stereocenters. The van der Waals surface area contributed by atoms with E-state index in [2.05, 4.69) is 38.3 Å². The average molecular weight is 244 g/mol. The van der Waals surface area contributed by atoms with Crippen molar-refractivity contribution in [1.82, 2.24) is 10.6 Å². The van der Waals surface area contributed by atoms with Crippen molar-refractivity contribution < 1.29 is 9.53 Å². The third kappa shape index (κ3) is 10.3. The second kappa shape index (κ2) is 8.48. The Morgan fingerprint density at radius 3 is 2.53 bits per heavy atom. The molecule has 0 bridgehead atoms. The van der Waals surface area contributed by atoms with Crippen molar-refractivity contribution in [1.29, 1.82) is 0 Å². The fraction of sp³-hybridized carbons (Fsp3) is 0.923. The SMILES string of the molecule is COCCC(C)(C)CNCC(=O)NCC(C)C. The zero-order valence-corrected chi connectivity index (χ0v) is 11.9. The van der Waals surface area contributed by atoms with E-state index >= 15 is 0 Å². The number of hydrogen-bond donors (Lipinski definition) is 2. The molecule has 0 aromatic carbocycles. The highest BCUT2D eigenvalue weighted by Gasteiger charge is 2.17. The highest BCUT2D eigenvalue weighted by Crippen LogP contribution is 2.18. The second-order valence-electron chi connectivity index (χ2n) is 5.71. The molecule has 0 unspecified atom stereocenters. The van der Waals surface area contributed by atoms with Crippen LogP contribution in [0.5, 0.6) is 0 Å². The summed E-state index contributed by atoms with van der Waals surface area (Å²) >= 11 is 0.